The Bertz CT molecular complexity index is 762. The number of hydrogen-bond acceptors (Lipinski definition) is 2. The number of alkyl halides is 1. The van der Waals surface area contributed by atoms with Crippen LogP contribution in [0.4, 0.5) is 0 Å². The van der Waals surface area contributed by atoms with Crippen molar-refractivity contribution in [3.8, 4) is 5.69 Å². The van der Waals surface area contributed by atoms with Gasteiger partial charge in [0.15, 0.2) is 0 Å². The van der Waals surface area contributed by atoms with Gasteiger partial charge < -0.3 is 0 Å². The van der Waals surface area contributed by atoms with Crippen molar-refractivity contribution < 1.29 is 0 Å². The molecule has 2 aromatic heterocycles. The van der Waals surface area contributed by atoms with Gasteiger partial charge in [-0.05, 0) is 23.6 Å². The Balaban J connectivity index is 2.31. The van der Waals surface area contributed by atoms with Crippen LogP contribution in [0.5, 0.6) is 0 Å². The lowest BCUT2D eigenvalue weighted by atomic mass is 10.0. The lowest BCUT2D eigenvalue weighted by molar-refractivity contribution is 0.832. The standard InChI is InChI=1S/C17H18ClN3/c1-12(2)13-5-3-4-6-15(13)21-16-8-10-19-11-14(16)20-17(21)7-9-18/h3-6,8,10-12H,7,9H2,1-2H3. The van der Waals surface area contributed by atoms with E-state index in [1.165, 1.54) is 11.3 Å². The van der Waals surface area contributed by atoms with Crippen molar-refractivity contribution in [3.05, 3.63) is 54.1 Å². The van der Waals surface area contributed by atoms with Crippen LogP contribution in [0.15, 0.2) is 42.7 Å². The van der Waals surface area contributed by atoms with Gasteiger partial charge in [0.25, 0.3) is 0 Å². The fraction of sp³-hybridized carbons (Fsp3) is 0.294. The minimum absolute atomic E-state index is 0.448. The van der Waals surface area contributed by atoms with E-state index in [1.54, 1.807) is 0 Å². The maximum Gasteiger partial charge on any atom is 0.115 e. The molecule has 0 saturated carbocycles. The van der Waals surface area contributed by atoms with Crippen molar-refractivity contribution in [3.63, 3.8) is 0 Å². The van der Waals surface area contributed by atoms with Gasteiger partial charge >= 0.3 is 0 Å². The summed E-state index contributed by atoms with van der Waals surface area (Å²) in [7, 11) is 0. The molecule has 0 N–H and O–H groups in total. The number of aryl methyl sites for hydroxylation is 1. The van der Waals surface area contributed by atoms with E-state index in [0.717, 1.165) is 23.3 Å². The zero-order chi connectivity index (χ0) is 14.8. The number of pyridine rings is 1. The molecule has 3 rings (SSSR count). The Labute approximate surface area is 129 Å². The number of benzene rings is 1. The summed E-state index contributed by atoms with van der Waals surface area (Å²) >= 11 is 5.96. The molecular weight excluding hydrogens is 282 g/mol. The van der Waals surface area contributed by atoms with E-state index in [1.807, 2.05) is 18.5 Å². The highest BCUT2D eigenvalue weighted by Gasteiger charge is 2.15. The van der Waals surface area contributed by atoms with Crippen molar-refractivity contribution in [2.75, 3.05) is 5.88 Å². The molecular formula is C17H18ClN3. The summed E-state index contributed by atoms with van der Waals surface area (Å²) < 4.78 is 2.22. The normalized spacial score (nSPS) is 11.4. The van der Waals surface area contributed by atoms with Crippen LogP contribution in [0.1, 0.15) is 31.2 Å². The molecule has 3 aromatic rings. The fourth-order valence-electron chi connectivity index (χ4n) is 2.68. The maximum absolute atomic E-state index is 5.96. The third-order valence-electron chi connectivity index (χ3n) is 3.64. The molecule has 0 aliphatic carbocycles. The van der Waals surface area contributed by atoms with Crippen LogP contribution >= 0.6 is 11.6 Å². The second-order valence-corrected chi connectivity index (χ2v) is 5.76. The molecule has 1 aromatic carbocycles. The maximum atomic E-state index is 5.96. The molecule has 0 saturated heterocycles. The topological polar surface area (TPSA) is 30.7 Å². The predicted molar refractivity (Wildman–Crippen MR) is 87.4 cm³/mol. The van der Waals surface area contributed by atoms with Gasteiger partial charge in [0.2, 0.25) is 0 Å². The van der Waals surface area contributed by atoms with Crippen molar-refractivity contribution in [1.29, 1.82) is 0 Å². The number of para-hydroxylation sites is 1. The zero-order valence-corrected chi connectivity index (χ0v) is 13.0. The second kappa shape index (κ2) is 5.86. The molecule has 0 bridgehead atoms. The average Bonchev–Trinajstić information content (AvgIpc) is 2.85. The molecule has 0 radical (unpaired) electrons. The summed E-state index contributed by atoms with van der Waals surface area (Å²) in [5.74, 6) is 1.99. The SMILES string of the molecule is CC(C)c1ccccc1-n1c(CCCl)nc2cnccc21. The molecule has 0 fully saturated rings. The molecule has 108 valence electrons. The molecule has 0 amide bonds. The molecule has 0 aliphatic heterocycles. The number of hydrogen-bond donors (Lipinski definition) is 0. The summed E-state index contributed by atoms with van der Waals surface area (Å²) in [6, 6.07) is 10.5. The van der Waals surface area contributed by atoms with Gasteiger partial charge in [-0.3, -0.25) is 9.55 Å². The van der Waals surface area contributed by atoms with Gasteiger partial charge in [-0.1, -0.05) is 32.0 Å². The van der Waals surface area contributed by atoms with Crippen LogP contribution in [0.25, 0.3) is 16.7 Å². The Morgan fingerprint density at radius 1 is 1.19 bits per heavy atom. The largest absolute Gasteiger partial charge is 0.296 e. The molecule has 0 spiro atoms. The zero-order valence-electron chi connectivity index (χ0n) is 12.3. The Hall–Kier alpha value is -1.87. The fourth-order valence-corrected chi connectivity index (χ4v) is 2.85. The lowest BCUT2D eigenvalue weighted by Crippen LogP contribution is -2.06. The van der Waals surface area contributed by atoms with E-state index in [9.17, 15) is 0 Å². The van der Waals surface area contributed by atoms with Gasteiger partial charge in [-0.15, -0.1) is 11.6 Å². The van der Waals surface area contributed by atoms with Crippen molar-refractivity contribution in [2.45, 2.75) is 26.2 Å². The van der Waals surface area contributed by atoms with Crippen molar-refractivity contribution in [2.24, 2.45) is 0 Å². The predicted octanol–water partition coefficient (Wildman–Crippen LogP) is 4.33. The number of nitrogens with zero attached hydrogens (tertiary/aromatic N) is 3. The first-order chi connectivity index (χ1) is 10.2. The minimum Gasteiger partial charge on any atom is -0.296 e. The summed E-state index contributed by atoms with van der Waals surface area (Å²) in [5.41, 5.74) is 4.49. The van der Waals surface area contributed by atoms with E-state index in [4.69, 9.17) is 16.6 Å². The van der Waals surface area contributed by atoms with Crippen LogP contribution in [0, 0.1) is 0 Å². The van der Waals surface area contributed by atoms with E-state index < -0.39 is 0 Å². The molecule has 0 unspecified atom stereocenters. The van der Waals surface area contributed by atoms with E-state index in [-0.39, 0.29) is 0 Å². The number of halogens is 1. The average molecular weight is 300 g/mol. The number of fused-ring (bicyclic) bond motifs is 1. The Morgan fingerprint density at radius 3 is 2.76 bits per heavy atom. The highest BCUT2D eigenvalue weighted by Crippen LogP contribution is 2.28. The van der Waals surface area contributed by atoms with Crippen LogP contribution in [0.2, 0.25) is 0 Å². The van der Waals surface area contributed by atoms with Gasteiger partial charge in [0.1, 0.15) is 11.3 Å². The van der Waals surface area contributed by atoms with E-state index in [0.29, 0.717) is 11.8 Å². The van der Waals surface area contributed by atoms with Gasteiger partial charge in [-0.25, -0.2) is 4.98 Å². The molecule has 21 heavy (non-hydrogen) atoms. The van der Waals surface area contributed by atoms with Crippen molar-refractivity contribution >= 4 is 22.6 Å². The third-order valence-corrected chi connectivity index (χ3v) is 3.83. The monoisotopic (exact) mass is 299 g/mol. The highest BCUT2D eigenvalue weighted by atomic mass is 35.5. The quantitative estimate of drug-likeness (QED) is 0.672. The first-order valence-corrected chi connectivity index (χ1v) is 7.72. The molecule has 4 heteroatoms. The number of imidazole rings is 1. The molecule has 0 aliphatic rings. The third kappa shape index (κ3) is 2.54. The minimum atomic E-state index is 0.448. The van der Waals surface area contributed by atoms with Crippen molar-refractivity contribution in [1.82, 2.24) is 14.5 Å². The van der Waals surface area contributed by atoms with Gasteiger partial charge in [0.05, 0.1) is 17.4 Å². The second-order valence-electron chi connectivity index (χ2n) is 5.38. The summed E-state index contributed by atoms with van der Waals surface area (Å²) in [4.78, 5) is 8.87. The lowest BCUT2D eigenvalue weighted by Gasteiger charge is -2.16. The van der Waals surface area contributed by atoms with Gasteiger partial charge in [0, 0.05) is 18.5 Å². The Kier molecular flexibility index (Phi) is 3.93. The molecule has 0 atom stereocenters. The molecule has 2 heterocycles. The van der Waals surface area contributed by atoms with Crippen LogP contribution < -0.4 is 0 Å². The first-order valence-electron chi connectivity index (χ1n) is 7.19. The van der Waals surface area contributed by atoms with E-state index in [2.05, 4.69) is 47.7 Å². The highest BCUT2D eigenvalue weighted by molar-refractivity contribution is 6.17. The smallest absolute Gasteiger partial charge is 0.115 e. The van der Waals surface area contributed by atoms with E-state index >= 15 is 0 Å². The van der Waals surface area contributed by atoms with Crippen LogP contribution in [0.3, 0.4) is 0 Å². The summed E-state index contributed by atoms with van der Waals surface area (Å²) in [5, 5.41) is 0. The number of rotatable bonds is 4. The summed E-state index contributed by atoms with van der Waals surface area (Å²) in [6.45, 7) is 4.42. The number of aromatic nitrogens is 3. The molecule has 3 nitrogen and oxygen atoms in total. The van der Waals surface area contributed by atoms with Crippen LogP contribution in [-0.4, -0.2) is 20.4 Å². The Morgan fingerprint density at radius 2 is 2.00 bits per heavy atom. The van der Waals surface area contributed by atoms with Crippen LogP contribution in [-0.2, 0) is 6.42 Å². The van der Waals surface area contributed by atoms with Gasteiger partial charge in [-0.2, -0.15) is 0 Å². The summed E-state index contributed by atoms with van der Waals surface area (Å²) in [6.07, 6.45) is 4.35. The first kappa shape index (κ1) is 14.1.